The van der Waals surface area contributed by atoms with Crippen molar-refractivity contribution in [2.75, 3.05) is 26.9 Å². The van der Waals surface area contributed by atoms with Crippen LogP contribution in [-0.4, -0.2) is 26.9 Å². The van der Waals surface area contributed by atoms with Gasteiger partial charge in [0.25, 0.3) is 0 Å². The molecule has 3 nitrogen and oxygen atoms in total. The zero-order valence-electron chi connectivity index (χ0n) is 12.0. The summed E-state index contributed by atoms with van der Waals surface area (Å²) in [4.78, 5) is 0. The van der Waals surface area contributed by atoms with Crippen LogP contribution in [0.25, 0.3) is 0 Å². The van der Waals surface area contributed by atoms with Gasteiger partial charge in [-0.1, -0.05) is 19.9 Å². The van der Waals surface area contributed by atoms with Crippen molar-refractivity contribution in [1.29, 1.82) is 0 Å². The van der Waals surface area contributed by atoms with E-state index >= 15 is 0 Å². The van der Waals surface area contributed by atoms with E-state index in [4.69, 9.17) is 9.47 Å². The summed E-state index contributed by atoms with van der Waals surface area (Å²) in [6.07, 6.45) is 0.930. The molecule has 1 aromatic rings. The second kappa shape index (κ2) is 8.88. The number of rotatable bonds is 9. The zero-order chi connectivity index (χ0) is 14.1. The molecule has 0 aliphatic heterocycles. The minimum Gasteiger partial charge on any atom is -0.491 e. The van der Waals surface area contributed by atoms with Crippen molar-refractivity contribution in [3.8, 4) is 5.75 Å². The zero-order valence-corrected chi connectivity index (χ0v) is 12.0. The fourth-order valence-corrected chi connectivity index (χ4v) is 1.58. The molecule has 1 N–H and O–H groups in total. The van der Waals surface area contributed by atoms with Crippen LogP contribution in [0.1, 0.15) is 25.8 Å². The van der Waals surface area contributed by atoms with Gasteiger partial charge in [-0.05, 0) is 30.0 Å². The fourth-order valence-electron chi connectivity index (χ4n) is 1.58. The third-order valence-electron chi connectivity index (χ3n) is 2.76. The first kappa shape index (κ1) is 15.9. The normalized spacial score (nSPS) is 11.0. The number of hydrogen-bond donors (Lipinski definition) is 1. The molecule has 0 aliphatic rings. The van der Waals surface area contributed by atoms with Gasteiger partial charge >= 0.3 is 0 Å². The Morgan fingerprint density at radius 2 is 2.05 bits per heavy atom. The van der Waals surface area contributed by atoms with E-state index in [1.54, 1.807) is 13.2 Å². The summed E-state index contributed by atoms with van der Waals surface area (Å²) in [6.45, 7) is 6.83. The summed E-state index contributed by atoms with van der Waals surface area (Å²) in [5, 5.41) is 3.17. The molecule has 0 aliphatic carbocycles. The molecule has 0 atom stereocenters. The molecular formula is C15H24FNO2. The smallest absolute Gasteiger partial charge is 0.165 e. The predicted molar refractivity (Wildman–Crippen MR) is 74.9 cm³/mol. The van der Waals surface area contributed by atoms with E-state index < -0.39 is 0 Å². The number of halogens is 1. The maximum atomic E-state index is 13.8. The van der Waals surface area contributed by atoms with Gasteiger partial charge < -0.3 is 14.8 Å². The second-order valence-electron chi connectivity index (χ2n) is 4.97. The van der Waals surface area contributed by atoms with Crippen molar-refractivity contribution in [2.24, 2.45) is 5.92 Å². The average molecular weight is 269 g/mol. The third kappa shape index (κ3) is 6.55. The van der Waals surface area contributed by atoms with Crippen LogP contribution in [0.3, 0.4) is 0 Å². The third-order valence-corrected chi connectivity index (χ3v) is 2.76. The first-order chi connectivity index (χ1) is 9.13. The molecule has 0 bridgehead atoms. The first-order valence-corrected chi connectivity index (χ1v) is 6.74. The van der Waals surface area contributed by atoms with Crippen molar-refractivity contribution in [2.45, 2.75) is 26.8 Å². The summed E-state index contributed by atoms with van der Waals surface area (Å²) in [6, 6.07) is 5.10. The highest BCUT2D eigenvalue weighted by Crippen LogP contribution is 2.19. The molecule has 1 rings (SSSR count). The molecule has 4 heteroatoms. The standard InChI is InChI=1S/C15H24FNO2/c1-12(2)6-8-19-15-5-4-13(10-14(15)16)11-17-7-9-18-3/h4-5,10,12,17H,6-9,11H2,1-3H3. The molecule has 0 radical (unpaired) electrons. The molecule has 0 amide bonds. The number of ether oxygens (including phenoxy) is 2. The van der Waals surface area contributed by atoms with Crippen molar-refractivity contribution < 1.29 is 13.9 Å². The Balaban J connectivity index is 2.40. The van der Waals surface area contributed by atoms with Gasteiger partial charge in [0.2, 0.25) is 0 Å². The lowest BCUT2D eigenvalue weighted by atomic mass is 10.1. The lowest BCUT2D eigenvalue weighted by Gasteiger charge is -2.10. The second-order valence-corrected chi connectivity index (χ2v) is 4.97. The Hall–Kier alpha value is -1.13. The molecule has 0 aromatic heterocycles. The lowest BCUT2D eigenvalue weighted by molar-refractivity contribution is 0.199. The van der Waals surface area contributed by atoms with Gasteiger partial charge in [0.05, 0.1) is 13.2 Å². The average Bonchev–Trinajstić information content (AvgIpc) is 2.37. The maximum absolute atomic E-state index is 13.8. The van der Waals surface area contributed by atoms with Crippen LogP contribution in [-0.2, 0) is 11.3 Å². The molecule has 0 unspecified atom stereocenters. The van der Waals surface area contributed by atoms with Gasteiger partial charge in [0.1, 0.15) is 0 Å². The van der Waals surface area contributed by atoms with E-state index in [-0.39, 0.29) is 5.82 Å². The Morgan fingerprint density at radius 1 is 1.26 bits per heavy atom. The maximum Gasteiger partial charge on any atom is 0.165 e. The van der Waals surface area contributed by atoms with Crippen LogP contribution in [0.2, 0.25) is 0 Å². The summed E-state index contributed by atoms with van der Waals surface area (Å²) < 4.78 is 24.1. The molecule has 0 saturated carbocycles. The van der Waals surface area contributed by atoms with Crippen LogP contribution in [0, 0.1) is 11.7 Å². The van der Waals surface area contributed by atoms with Crippen molar-refractivity contribution in [1.82, 2.24) is 5.32 Å². The van der Waals surface area contributed by atoms with Gasteiger partial charge in [0.15, 0.2) is 11.6 Å². The SMILES string of the molecule is COCCNCc1ccc(OCCC(C)C)c(F)c1. The first-order valence-electron chi connectivity index (χ1n) is 6.74. The van der Waals surface area contributed by atoms with Gasteiger partial charge in [-0.2, -0.15) is 0 Å². The van der Waals surface area contributed by atoms with E-state index in [0.717, 1.165) is 18.5 Å². The summed E-state index contributed by atoms with van der Waals surface area (Å²) >= 11 is 0. The Kier molecular flexibility index (Phi) is 7.45. The summed E-state index contributed by atoms with van der Waals surface area (Å²) in [5.74, 6) is 0.600. The van der Waals surface area contributed by atoms with Crippen LogP contribution >= 0.6 is 0 Å². The Bertz CT molecular complexity index is 369. The number of nitrogens with one attached hydrogen (secondary N) is 1. The Labute approximate surface area is 115 Å². The number of hydrogen-bond acceptors (Lipinski definition) is 3. The minimum absolute atomic E-state index is 0.296. The highest BCUT2D eigenvalue weighted by Gasteiger charge is 2.05. The molecule has 0 saturated heterocycles. The fraction of sp³-hybridized carbons (Fsp3) is 0.600. The van der Waals surface area contributed by atoms with E-state index in [0.29, 0.717) is 31.4 Å². The van der Waals surface area contributed by atoms with Gasteiger partial charge in [-0.3, -0.25) is 0 Å². The number of methoxy groups -OCH3 is 1. The molecule has 108 valence electrons. The molecule has 19 heavy (non-hydrogen) atoms. The molecule has 0 heterocycles. The molecule has 0 spiro atoms. The van der Waals surface area contributed by atoms with Gasteiger partial charge in [-0.15, -0.1) is 0 Å². The van der Waals surface area contributed by atoms with Gasteiger partial charge in [0, 0.05) is 20.2 Å². The van der Waals surface area contributed by atoms with Crippen molar-refractivity contribution in [3.05, 3.63) is 29.6 Å². The largest absolute Gasteiger partial charge is 0.491 e. The quantitative estimate of drug-likeness (QED) is 0.699. The summed E-state index contributed by atoms with van der Waals surface area (Å²) in [7, 11) is 1.66. The topological polar surface area (TPSA) is 30.5 Å². The number of benzene rings is 1. The van der Waals surface area contributed by atoms with Crippen LogP contribution in [0.4, 0.5) is 4.39 Å². The lowest BCUT2D eigenvalue weighted by Crippen LogP contribution is -2.18. The van der Waals surface area contributed by atoms with E-state index in [1.807, 2.05) is 6.07 Å². The predicted octanol–water partition coefficient (Wildman–Crippen LogP) is 2.99. The van der Waals surface area contributed by atoms with E-state index in [1.165, 1.54) is 6.07 Å². The molecule has 0 fully saturated rings. The van der Waals surface area contributed by atoms with Crippen LogP contribution in [0.15, 0.2) is 18.2 Å². The van der Waals surface area contributed by atoms with Crippen LogP contribution < -0.4 is 10.1 Å². The monoisotopic (exact) mass is 269 g/mol. The molecular weight excluding hydrogens is 245 g/mol. The van der Waals surface area contributed by atoms with E-state index in [2.05, 4.69) is 19.2 Å². The highest BCUT2D eigenvalue weighted by molar-refractivity contribution is 5.29. The Morgan fingerprint density at radius 3 is 2.68 bits per heavy atom. The van der Waals surface area contributed by atoms with Gasteiger partial charge in [-0.25, -0.2) is 4.39 Å². The highest BCUT2D eigenvalue weighted by atomic mass is 19.1. The molecule has 1 aromatic carbocycles. The van der Waals surface area contributed by atoms with Crippen molar-refractivity contribution >= 4 is 0 Å². The summed E-state index contributed by atoms with van der Waals surface area (Å²) in [5.41, 5.74) is 0.907. The van der Waals surface area contributed by atoms with Crippen LogP contribution in [0.5, 0.6) is 5.75 Å². The minimum atomic E-state index is -0.296. The van der Waals surface area contributed by atoms with Crippen molar-refractivity contribution in [3.63, 3.8) is 0 Å². The van der Waals surface area contributed by atoms with E-state index in [9.17, 15) is 4.39 Å².